The Balaban J connectivity index is 3.14. The van der Waals surface area contributed by atoms with Crippen molar-refractivity contribution in [2.24, 2.45) is 5.84 Å². The molecule has 0 aromatic heterocycles. The maximum Gasteiger partial charge on any atom is 0.0212 e. The van der Waals surface area contributed by atoms with Crippen molar-refractivity contribution in [2.75, 3.05) is 0 Å². The van der Waals surface area contributed by atoms with Crippen LogP contribution in [0.1, 0.15) is 6.92 Å². The first-order valence-corrected chi connectivity index (χ1v) is 2.04. The van der Waals surface area contributed by atoms with Gasteiger partial charge in [-0.3, -0.25) is 5.84 Å². The van der Waals surface area contributed by atoms with Gasteiger partial charge < -0.3 is 5.43 Å². The number of allylic oxidation sites excluding steroid dienone is 1. The summed E-state index contributed by atoms with van der Waals surface area (Å²) in [5, 5.41) is 0. The second-order valence-electron chi connectivity index (χ2n) is 0.952. The van der Waals surface area contributed by atoms with Gasteiger partial charge in [-0.25, -0.2) is 0 Å². The van der Waals surface area contributed by atoms with E-state index in [-0.39, 0.29) is 0 Å². The molecule has 0 amide bonds. The number of hydrazine groups is 1. The van der Waals surface area contributed by atoms with Gasteiger partial charge in [-0.2, -0.15) is 0 Å². The lowest BCUT2D eigenvalue weighted by molar-refractivity contribution is 0.963. The highest BCUT2D eigenvalue weighted by atomic mass is 32.1. The molecule has 3 heteroatoms. The van der Waals surface area contributed by atoms with Crippen LogP contribution in [0.4, 0.5) is 0 Å². The summed E-state index contributed by atoms with van der Waals surface area (Å²) in [6.07, 6.45) is 1.60. The average molecular weight is 104 g/mol. The molecule has 0 aromatic carbocycles. The van der Waals surface area contributed by atoms with Gasteiger partial charge >= 0.3 is 0 Å². The van der Waals surface area contributed by atoms with Crippen LogP contribution in [0, 0.1) is 0 Å². The van der Waals surface area contributed by atoms with Gasteiger partial charge in [0.25, 0.3) is 0 Å². The smallest absolute Gasteiger partial charge is 0.0212 e. The Labute approximate surface area is 42.8 Å². The first-order chi connectivity index (χ1) is 2.77. The fourth-order valence-electron chi connectivity index (χ4n) is 0.121. The topological polar surface area (TPSA) is 38.0 Å². The van der Waals surface area contributed by atoms with E-state index >= 15 is 0 Å². The van der Waals surface area contributed by atoms with Gasteiger partial charge in [-0.15, -0.1) is 12.6 Å². The minimum absolute atomic E-state index is 0.873. The van der Waals surface area contributed by atoms with E-state index in [1.807, 2.05) is 6.92 Å². The molecule has 0 heterocycles. The van der Waals surface area contributed by atoms with Crippen LogP contribution in [0.3, 0.4) is 0 Å². The van der Waals surface area contributed by atoms with Gasteiger partial charge in [-0.05, 0) is 11.8 Å². The first kappa shape index (κ1) is 5.85. The molecule has 6 heavy (non-hydrogen) atoms. The van der Waals surface area contributed by atoms with Crippen LogP contribution in [0.25, 0.3) is 0 Å². The van der Waals surface area contributed by atoms with Crippen LogP contribution >= 0.6 is 12.6 Å². The van der Waals surface area contributed by atoms with Gasteiger partial charge in [0.05, 0.1) is 0 Å². The molecule has 0 saturated heterocycles. The van der Waals surface area contributed by atoms with Crippen molar-refractivity contribution in [3.63, 3.8) is 0 Å². The molecule has 0 radical (unpaired) electrons. The van der Waals surface area contributed by atoms with Crippen LogP contribution in [0.5, 0.6) is 0 Å². The van der Waals surface area contributed by atoms with Crippen LogP contribution in [0.15, 0.2) is 11.1 Å². The third-order valence-corrected chi connectivity index (χ3v) is 0.421. The zero-order valence-corrected chi connectivity index (χ0v) is 4.50. The molecule has 2 nitrogen and oxygen atoms in total. The van der Waals surface area contributed by atoms with Crippen molar-refractivity contribution >= 4 is 12.6 Å². The van der Waals surface area contributed by atoms with Crippen molar-refractivity contribution in [2.45, 2.75) is 6.92 Å². The Morgan fingerprint density at radius 1 is 2.00 bits per heavy atom. The zero-order chi connectivity index (χ0) is 4.99. The Morgan fingerprint density at radius 3 is 2.50 bits per heavy atom. The standard InChI is InChI=1S/C3H8N2S/c1-3(6)2-5-4/h2,5-6H,4H2,1H3/b3-2-. The molecule has 0 aliphatic heterocycles. The van der Waals surface area contributed by atoms with Gasteiger partial charge in [-0.1, -0.05) is 0 Å². The second-order valence-corrected chi connectivity index (χ2v) is 1.66. The van der Waals surface area contributed by atoms with Gasteiger partial charge in [0.15, 0.2) is 0 Å². The second kappa shape index (κ2) is 3.06. The average Bonchev–Trinajstić information content (AvgIpc) is 1.35. The van der Waals surface area contributed by atoms with E-state index in [1.54, 1.807) is 6.20 Å². The summed E-state index contributed by atoms with van der Waals surface area (Å²) >= 11 is 3.90. The number of hydrogen-bond donors (Lipinski definition) is 3. The molecule has 0 unspecified atom stereocenters. The summed E-state index contributed by atoms with van der Waals surface area (Å²) in [6.45, 7) is 1.84. The maximum absolute atomic E-state index is 4.85. The third-order valence-electron chi connectivity index (χ3n) is 0.292. The lowest BCUT2D eigenvalue weighted by Gasteiger charge is -1.84. The third kappa shape index (κ3) is 3.85. The summed E-state index contributed by atoms with van der Waals surface area (Å²) in [5.74, 6) is 4.85. The molecule has 0 atom stereocenters. The number of nitrogens with two attached hydrogens (primary N) is 1. The molecule has 36 valence electrons. The number of nitrogens with one attached hydrogen (secondary N) is 1. The van der Waals surface area contributed by atoms with E-state index in [1.165, 1.54) is 0 Å². The molecule has 0 fully saturated rings. The van der Waals surface area contributed by atoms with Crippen molar-refractivity contribution in [1.82, 2.24) is 5.43 Å². The largest absolute Gasteiger partial charge is 0.331 e. The number of rotatable bonds is 1. The van der Waals surface area contributed by atoms with E-state index in [4.69, 9.17) is 5.84 Å². The van der Waals surface area contributed by atoms with Crippen LogP contribution in [0.2, 0.25) is 0 Å². The lowest BCUT2D eigenvalue weighted by atomic mass is 10.7. The molecule has 0 bridgehead atoms. The van der Waals surface area contributed by atoms with Crippen molar-refractivity contribution in [1.29, 1.82) is 0 Å². The molecule has 0 aromatic rings. The number of thiol groups is 1. The van der Waals surface area contributed by atoms with E-state index in [0.29, 0.717) is 0 Å². The summed E-state index contributed by atoms with van der Waals surface area (Å²) in [5.41, 5.74) is 2.33. The molecule has 0 aliphatic carbocycles. The summed E-state index contributed by atoms with van der Waals surface area (Å²) in [4.78, 5) is 0.873. The highest BCUT2D eigenvalue weighted by molar-refractivity contribution is 7.84. The van der Waals surface area contributed by atoms with Crippen molar-refractivity contribution < 1.29 is 0 Å². The Morgan fingerprint density at radius 2 is 2.50 bits per heavy atom. The normalized spacial score (nSPS) is 11.5. The summed E-state index contributed by atoms with van der Waals surface area (Å²) < 4.78 is 0. The Bertz CT molecular complexity index is 55.8. The number of hydrogen-bond acceptors (Lipinski definition) is 3. The summed E-state index contributed by atoms with van der Waals surface area (Å²) in [6, 6.07) is 0. The zero-order valence-electron chi connectivity index (χ0n) is 3.60. The molecule has 0 spiro atoms. The highest BCUT2D eigenvalue weighted by Crippen LogP contribution is 1.90. The minimum atomic E-state index is 0.873. The quantitative estimate of drug-likeness (QED) is 0.253. The molecule has 0 saturated carbocycles. The van der Waals surface area contributed by atoms with Crippen molar-refractivity contribution in [3.8, 4) is 0 Å². The van der Waals surface area contributed by atoms with Gasteiger partial charge in [0.1, 0.15) is 0 Å². The van der Waals surface area contributed by atoms with E-state index in [9.17, 15) is 0 Å². The first-order valence-electron chi connectivity index (χ1n) is 1.59. The fourth-order valence-corrected chi connectivity index (χ4v) is 0.195. The molecule has 3 N–H and O–H groups in total. The molecular weight excluding hydrogens is 96.1 g/mol. The SMILES string of the molecule is C/C(S)=C/NN. The van der Waals surface area contributed by atoms with Gasteiger partial charge in [0.2, 0.25) is 0 Å². The predicted molar refractivity (Wildman–Crippen MR) is 30.1 cm³/mol. The maximum atomic E-state index is 4.85. The monoisotopic (exact) mass is 104 g/mol. The molecular formula is C3H8N2S. The molecule has 0 rings (SSSR count). The Kier molecular flexibility index (Phi) is 2.98. The van der Waals surface area contributed by atoms with Crippen LogP contribution in [-0.2, 0) is 0 Å². The fraction of sp³-hybridized carbons (Fsp3) is 0.333. The lowest BCUT2D eigenvalue weighted by Crippen LogP contribution is -2.13. The highest BCUT2D eigenvalue weighted by Gasteiger charge is 1.66. The van der Waals surface area contributed by atoms with Gasteiger partial charge in [0, 0.05) is 6.20 Å². The van der Waals surface area contributed by atoms with Crippen LogP contribution < -0.4 is 11.3 Å². The predicted octanol–water partition coefficient (Wildman–Crippen LogP) is 0.241. The minimum Gasteiger partial charge on any atom is -0.331 e. The summed E-state index contributed by atoms with van der Waals surface area (Å²) in [7, 11) is 0. The van der Waals surface area contributed by atoms with E-state index in [2.05, 4.69) is 18.1 Å². The molecule has 0 aliphatic rings. The van der Waals surface area contributed by atoms with E-state index in [0.717, 1.165) is 4.91 Å². The van der Waals surface area contributed by atoms with Crippen molar-refractivity contribution in [3.05, 3.63) is 11.1 Å². The van der Waals surface area contributed by atoms with E-state index < -0.39 is 0 Å². The van der Waals surface area contributed by atoms with Crippen LogP contribution in [-0.4, -0.2) is 0 Å². The Hall–Kier alpha value is -0.150.